The highest BCUT2D eigenvalue weighted by atomic mass is 16.4. The number of nitrogens with one attached hydrogen (secondary N) is 4. The smallest absolute Gasteiger partial charge is 0.328 e. The number of phenolic OH excluding ortho intramolecular Hbond substituents is 1. The van der Waals surface area contributed by atoms with E-state index in [0.717, 1.165) is 16.5 Å². The van der Waals surface area contributed by atoms with Crippen LogP contribution < -0.4 is 21.7 Å². The zero-order valence-corrected chi connectivity index (χ0v) is 20.8. The third-order valence-corrected chi connectivity index (χ3v) is 6.07. The fourth-order valence-corrected chi connectivity index (χ4v) is 3.91. The molecule has 0 spiro atoms. The van der Waals surface area contributed by atoms with Crippen LogP contribution >= 0.6 is 0 Å². The molecule has 0 aliphatic rings. The number of aliphatic carboxylic acids is 1. The Bertz CT molecular complexity index is 1310. The van der Waals surface area contributed by atoms with Crippen molar-refractivity contribution in [3.05, 3.63) is 65.9 Å². The fourth-order valence-electron chi connectivity index (χ4n) is 3.91. The molecule has 39 heavy (non-hydrogen) atoms. The van der Waals surface area contributed by atoms with Gasteiger partial charge in [0.05, 0.1) is 19.3 Å². The van der Waals surface area contributed by atoms with Gasteiger partial charge >= 0.3 is 5.97 Å². The number of aromatic amines is 1. The topological polar surface area (TPSA) is 227 Å². The molecule has 3 aromatic rings. The molecule has 10 N–H and O–H groups in total. The molecular weight excluding hydrogens is 510 g/mol. The van der Waals surface area contributed by atoms with E-state index in [0.29, 0.717) is 5.56 Å². The molecule has 0 aliphatic heterocycles. The normalized spacial score (nSPS) is 14.1. The Hall–Kier alpha value is -4.46. The summed E-state index contributed by atoms with van der Waals surface area (Å²) in [6, 6.07) is 7.71. The largest absolute Gasteiger partial charge is 0.508 e. The van der Waals surface area contributed by atoms with Crippen molar-refractivity contribution in [2.24, 2.45) is 5.73 Å². The SMILES string of the molecule is N[C@@H](Cc1c[nH]c2ccccc12)C(=O)N[C@@H](CO)C(=O)N[C@@H](Cc1ccc(O)cc1)C(=O)N[C@H](CO)C(=O)O. The summed E-state index contributed by atoms with van der Waals surface area (Å²) in [5.74, 6) is -4.05. The predicted octanol–water partition coefficient (Wildman–Crippen LogP) is -1.49. The predicted molar refractivity (Wildman–Crippen MR) is 139 cm³/mol. The number of para-hydroxylation sites is 1. The number of phenols is 1. The first-order valence-corrected chi connectivity index (χ1v) is 12.1. The van der Waals surface area contributed by atoms with Crippen LogP contribution in [0, 0.1) is 0 Å². The van der Waals surface area contributed by atoms with Crippen LogP contribution in [0.15, 0.2) is 54.7 Å². The summed E-state index contributed by atoms with van der Waals surface area (Å²) in [7, 11) is 0. The van der Waals surface area contributed by atoms with Gasteiger partial charge in [0.1, 0.15) is 23.9 Å². The molecule has 208 valence electrons. The van der Waals surface area contributed by atoms with E-state index in [1.807, 2.05) is 24.3 Å². The van der Waals surface area contributed by atoms with Gasteiger partial charge in [0.25, 0.3) is 0 Å². The van der Waals surface area contributed by atoms with E-state index in [-0.39, 0.29) is 18.6 Å². The second kappa shape index (κ2) is 13.4. The summed E-state index contributed by atoms with van der Waals surface area (Å²) in [4.78, 5) is 52.9. The molecule has 4 atom stereocenters. The Morgan fingerprint density at radius 3 is 2.03 bits per heavy atom. The lowest BCUT2D eigenvalue weighted by Gasteiger charge is -2.24. The lowest BCUT2D eigenvalue weighted by Crippen LogP contribution is -2.59. The minimum absolute atomic E-state index is 0.0259. The number of benzene rings is 2. The Morgan fingerprint density at radius 2 is 1.38 bits per heavy atom. The number of carbonyl (C=O) groups excluding carboxylic acids is 3. The van der Waals surface area contributed by atoms with Crippen LogP contribution in [-0.2, 0) is 32.0 Å². The van der Waals surface area contributed by atoms with Crippen LogP contribution in [0.3, 0.4) is 0 Å². The maximum atomic E-state index is 13.0. The van der Waals surface area contributed by atoms with Gasteiger partial charge in [0.15, 0.2) is 0 Å². The van der Waals surface area contributed by atoms with Crippen molar-refractivity contribution in [2.75, 3.05) is 13.2 Å². The number of hydrogen-bond acceptors (Lipinski definition) is 8. The van der Waals surface area contributed by atoms with Crippen LogP contribution in [0.5, 0.6) is 5.75 Å². The molecule has 0 saturated heterocycles. The maximum Gasteiger partial charge on any atom is 0.328 e. The van der Waals surface area contributed by atoms with Gasteiger partial charge in [-0.05, 0) is 35.7 Å². The van der Waals surface area contributed by atoms with Crippen molar-refractivity contribution >= 4 is 34.6 Å². The summed E-state index contributed by atoms with van der Waals surface area (Å²) in [5.41, 5.74) is 8.24. The van der Waals surface area contributed by atoms with Crippen molar-refractivity contribution in [3.8, 4) is 5.75 Å². The third kappa shape index (κ3) is 7.77. The molecule has 13 heteroatoms. The number of aliphatic hydroxyl groups is 2. The molecule has 1 aromatic heterocycles. The van der Waals surface area contributed by atoms with Gasteiger partial charge in [0.2, 0.25) is 17.7 Å². The van der Waals surface area contributed by atoms with Gasteiger partial charge in [-0.25, -0.2) is 4.79 Å². The van der Waals surface area contributed by atoms with E-state index in [1.54, 1.807) is 6.20 Å². The van der Waals surface area contributed by atoms with E-state index in [9.17, 15) is 34.5 Å². The fraction of sp³-hybridized carbons (Fsp3) is 0.308. The number of rotatable bonds is 13. The number of aliphatic hydroxyl groups excluding tert-OH is 2. The summed E-state index contributed by atoms with van der Waals surface area (Å²) in [6.07, 6.45) is 1.76. The van der Waals surface area contributed by atoms with Crippen LogP contribution in [0.25, 0.3) is 10.9 Å². The number of hydrogen-bond donors (Lipinski definition) is 9. The van der Waals surface area contributed by atoms with Crippen molar-refractivity contribution < 1.29 is 39.6 Å². The highest BCUT2D eigenvalue weighted by molar-refractivity contribution is 5.94. The number of aromatic nitrogens is 1. The Balaban J connectivity index is 1.69. The molecular formula is C26H31N5O8. The first-order chi connectivity index (χ1) is 18.6. The molecule has 3 rings (SSSR count). The van der Waals surface area contributed by atoms with Gasteiger partial charge in [-0.15, -0.1) is 0 Å². The summed E-state index contributed by atoms with van der Waals surface area (Å²) < 4.78 is 0. The Kier molecular flexibility index (Phi) is 9.98. The molecule has 3 amide bonds. The van der Waals surface area contributed by atoms with E-state index >= 15 is 0 Å². The van der Waals surface area contributed by atoms with Crippen LogP contribution in [0.2, 0.25) is 0 Å². The zero-order valence-electron chi connectivity index (χ0n) is 20.8. The second-order valence-electron chi connectivity index (χ2n) is 8.93. The van der Waals surface area contributed by atoms with Crippen molar-refractivity contribution in [1.82, 2.24) is 20.9 Å². The first kappa shape index (κ1) is 29.1. The van der Waals surface area contributed by atoms with Gasteiger partial charge in [-0.3, -0.25) is 14.4 Å². The van der Waals surface area contributed by atoms with Crippen molar-refractivity contribution in [1.29, 1.82) is 0 Å². The van der Waals surface area contributed by atoms with Gasteiger partial charge in [0, 0.05) is 23.5 Å². The minimum atomic E-state index is -1.62. The first-order valence-electron chi connectivity index (χ1n) is 12.1. The average molecular weight is 542 g/mol. The number of carboxylic acids is 1. The van der Waals surface area contributed by atoms with Gasteiger partial charge < -0.3 is 47.1 Å². The number of H-pyrrole nitrogens is 1. The quantitative estimate of drug-likeness (QED) is 0.123. The standard InChI is InChI=1S/C26H31N5O8/c27-18(10-15-11-28-19-4-2-1-3-17(15)19)23(35)30-21(12-32)25(37)29-20(9-14-5-7-16(34)8-6-14)24(36)31-22(13-33)26(38)39/h1-8,11,18,20-22,28,32-34H,9-10,12-13,27H2,(H,29,37)(H,30,35)(H,31,36)(H,38,39)/t18-,20-,21-,22+/m0/s1. The minimum Gasteiger partial charge on any atom is -0.508 e. The number of nitrogens with two attached hydrogens (primary N) is 1. The maximum absolute atomic E-state index is 13.0. The van der Waals surface area contributed by atoms with E-state index < -0.39 is 61.1 Å². The van der Waals surface area contributed by atoms with Crippen molar-refractivity contribution in [2.45, 2.75) is 37.0 Å². The molecule has 0 radical (unpaired) electrons. The lowest BCUT2D eigenvalue weighted by molar-refractivity contribution is -0.143. The third-order valence-electron chi connectivity index (χ3n) is 6.07. The molecule has 0 fully saturated rings. The number of carbonyl (C=O) groups is 4. The highest BCUT2D eigenvalue weighted by Gasteiger charge is 2.30. The number of aromatic hydroxyl groups is 1. The van der Waals surface area contributed by atoms with Crippen LogP contribution in [-0.4, -0.2) is 86.5 Å². The van der Waals surface area contributed by atoms with E-state index in [4.69, 9.17) is 10.8 Å². The molecule has 13 nitrogen and oxygen atoms in total. The molecule has 0 aliphatic carbocycles. The molecule has 0 unspecified atom stereocenters. The monoisotopic (exact) mass is 541 g/mol. The van der Waals surface area contributed by atoms with E-state index in [1.165, 1.54) is 24.3 Å². The van der Waals surface area contributed by atoms with Crippen molar-refractivity contribution in [3.63, 3.8) is 0 Å². The van der Waals surface area contributed by atoms with Gasteiger partial charge in [-0.2, -0.15) is 0 Å². The summed E-state index contributed by atoms with van der Waals surface area (Å²) in [5, 5.41) is 45.5. The summed E-state index contributed by atoms with van der Waals surface area (Å²) >= 11 is 0. The summed E-state index contributed by atoms with van der Waals surface area (Å²) in [6.45, 7) is -1.69. The molecule has 2 aromatic carbocycles. The molecule has 0 saturated carbocycles. The number of fused-ring (bicyclic) bond motifs is 1. The number of carboxylic acid groups (broad SMARTS) is 1. The second-order valence-corrected chi connectivity index (χ2v) is 8.93. The Labute approximate surface area is 223 Å². The lowest BCUT2D eigenvalue weighted by atomic mass is 10.0. The zero-order chi connectivity index (χ0) is 28.5. The molecule has 0 bridgehead atoms. The van der Waals surface area contributed by atoms with Crippen LogP contribution in [0.1, 0.15) is 11.1 Å². The van der Waals surface area contributed by atoms with Gasteiger partial charge in [-0.1, -0.05) is 30.3 Å². The van der Waals surface area contributed by atoms with Crippen LogP contribution in [0.4, 0.5) is 0 Å². The Morgan fingerprint density at radius 1 is 0.795 bits per heavy atom. The number of amides is 3. The molecule has 1 heterocycles. The average Bonchev–Trinajstić information content (AvgIpc) is 3.33. The highest BCUT2D eigenvalue weighted by Crippen LogP contribution is 2.19. The van der Waals surface area contributed by atoms with E-state index in [2.05, 4.69) is 20.9 Å².